The summed E-state index contributed by atoms with van der Waals surface area (Å²) in [4.78, 5) is 4.18. The van der Waals surface area contributed by atoms with E-state index in [-0.39, 0.29) is 5.82 Å². The van der Waals surface area contributed by atoms with Crippen molar-refractivity contribution in [2.45, 2.75) is 51.2 Å². The summed E-state index contributed by atoms with van der Waals surface area (Å²) in [5, 5.41) is 3.04. The van der Waals surface area contributed by atoms with Gasteiger partial charge in [0.2, 0.25) is 5.89 Å². The van der Waals surface area contributed by atoms with Gasteiger partial charge in [0.1, 0.15) is 5.25 Å². The van der Waals surface area contributed by atoms with E-state index < -0.39 is 15.1 Å². The number of aromatic nitrogens is 2. The SMILES string of the molecule is CCCC(CCN)CCc1nc(C(C)S(C)(=O)=O)no1. The molecular formula is C13H25N3O3S. The average Bonchev–Trinajstić information content (AvgIpc) is 2.83. The predicted octanol–water partition coefficient (Wildman–Crippen LogP) is 1.87. The third kappa shape index (κ3) is 5.20. The molecule has 7 heteroatoms. The highest BCUT2D eigenvalue weighted by Crippen LogP contribution is 2.20. The summed E-state index contributed by atoms with van der Waals surface area (Å²) in [5.74, 6) is 1.31. The first-order valence-electron chi connectivity index (χ1n) is 7.09. The molecule has 20 heavy (non-hydrogen) atoms. The minimum Gasteiger partial charge on any atom is -0.339 e. The van der Waals surface area contributed by atoms with Crippen molar-refractivity contribution in [2.75, 3.05) is 12.8 Å². The lowest BCUT2D eigenvalue weighted by molar-refractivity contribution is 0.346. The van der Waals surface area contributed by atoms with Crippen LogP contribution in [-0.2, 0) is 16.3 Å². The molecule has 2 atom stereocenters. The Hall–Kier alpha value is -0.950. The highest BCUT2D eigenvalue weighted by molar-refractivity contribution is 7.90. The Balaban J connectivity index is 2.60. The van der Waals surface area contributed by atoms with Gasteiger partial charge in [0.15, 0.2) is 15.7 Å². The van der Waals surface area contributed by atoms with Gasteiger partial charge in [-0.3, -0.25) is 0 Å². The average molecular weight is 303 g/mol. The van der Waals surface area contributed by atoms with Gasteiger partial charge < -0.3 is 10.3 Å². The van der Waals surface area contributed by atoms with Crippen LogP contribution in [0, 0.1) is 5.92 Å². The third-order valence-electron chi connectivity index (χ3n) is 3.53. The highest BCUT2D eigenvalue weighted by Gasteiger charge is 2.23. The van der Waals surface area contributed by atoms with Crippen molar-refractivity contribution >= 4 is 9.84 Å². The van der Waals surface area contributed by atoms with E-state index in [0.29, 0.717) is 24.8 Å². The number of aryl methyl sites for hydroxylation is 1. The first-order chi connectivity index (χ1) is 9.38. The summed E-state index contributed by atoms with van der Waals surface area (Å²) in [6.45, 7) is 4.41. The maximum absolute atomic E-state index is 11.4. The smallest absolute Gasteiger partial charge is 0.226 e. The lowest BCUT2D eigenvalue weighted by Gasteiger charge is -2.13. The van der Waals surface area contributed by atoms with E-state index in [9.17, 15) is 8.42 Å². The molecule has 0 saturated heterocycles. The summed E-state index contributed by atoms with van der Waals surface area (Å²) in [5.41, 5.74) is 5.60. The number of hydrogen-bond donors (Lipinski definition) is 1. The predicted molar refractivity (Wildman–Crippen MR) is 77.9 cm³/mol. The van der Waals surface area contributed by atoms with Crippen LogP contribution in [0.4, 0.5) is 0 Å². The van der Waals surface area contributed by atoms with Crippen LogP contribution in [0.15, 0.2) is 4.52 Å². The van der Waals surface area contributed by atoms with Crippen LogP contribution in [0.1, 0.15) is 56.5 Å². The van der Waals surface area contributed by atoms with Crippen molar-refractivity contribution in [3.63, 3.8) is 0 Å². The zero-order valence-electron chi connectivity index (χ0n) is 12.5. The fourth-order valence-electron chi connectivity index (χ4n) is 2.13. The normalized spacial score (nSPS) is 15.2. The molecule has 116 valence electrons. The molecule has 0 aliphatic carbocycles. The summed E-state index contributed by atoms with van der Waals surface area (Å²) >= 11 is 0. The quantitative estimate of drug-likeness (QED) is 0.747. The van der Waals surface area contributed by atoms with Crippen LogP contribution in [0.2, 0.25) is 0 Å². The Morgan fingerprint density at radius 1 is 1.30 bits per heavy atom. The van der Waals surface area contributed by atoms with Crippen LogP contribution < -0.4 is 5.73 Å². The van der Waals surface area contributed by atoms with E-state index >= 15 is 0 Å². The molecule has 0 bridgehead atoms. The molecule has 1 aromatic heterocycles. The maximum atomic E-state index is 11.4. The molecule has 0 aliphatic rings. The van der Waals surface area contributed by atoms with Gasteiger partial charge >= 0.3 is 0 Å². The molecule has 0 fully saturated rings. The van der Waals surface area contributed by atoms with Crippen LogP contribution >= 0.6 is 0 Å². The fourth-order valence-corrected chi connectivity index (χ4v) is 2.61. The van der Waals surface area contributed by atoms with Crippen molar-refractivity contribution in [1.82, 2.24) is 10.1 Å². The molecule has 1 heterocycles. The number of nitrogens with zero attached hydrogens (tertiary/aromatic N) is 2. The van der Waals surface area contributed by atoms with E-state index in [4.69, 9.17) is 10.3 Å². The molecule has 0 aromatic carbocycles. The maximum Gasteiger partial charge on any atom is 0.226 e. The van der Waals surface area contributed by atoms with Crippen LogP contribution in [0.25, 0.3) is 0 Å². The van der Waals surface area contributed by atoms with Gasteiger partial charge in [0, 0.05) is 12.7 Å². The summed E-state index contributed by atoms with van der Waals surface area (Å²) < 4.78 is 28.0. The first kappa shape index (κ1) is 17.1. The second kappa shape index (κ2) is 7.73. The van der Waals surface area contributed by atoms with Gasteiger partial charge in [-0.2, -0.15) is 4.98 Å². The van der Waals surface area contributed by atoms with Crippen molar-refractivity contribution in [1.29, 1.82) is 0 Å². The van der Waals surface area contributed by atoms with Gasteiger partial charge in [0.25, 0.3) is 0 Å². The molecule has 0 aliphatic heterocycles. The van der Waals surface area contributed by atoms with Gasteiger partial charge in [-0.15, -0.1) is 0 Å². The van der Waals surface area contributed by atoms with E-state index in [1.54, 1.807) is 6.92 Å². The highest BCUT2D eigenvalue weighted by atomic mass is 32.2. The van der Waals surface area contributed by atoms with E-state index in [1.165, 1.54) is 6.26 Å². The van der Waals surface area contributed by atoms with Crippen molar-refractivity contribution in [3.8, 4) is 0 Å². The monoisotopic (exact) mass is 303 g/mol. The minimum absolute atomic E-state index is 0.244. The lowest BCUT2D eigenvalue weighted by atomic mass is 9.94. The molecule has 0 saturated carbocycles. The number of rotatable bonds is 9. The van der Waals surface area contributed by atoms with Crippen molar-refractivity contribution in [2.24, 2.45) is 11.7 Å². The number of hydrogen-bond acceptors (Lipinski definition) is 6. The second-order valence-electron chi connectivity index (χ2n) is 5.29. The Kier molecular flexibility index (Phi) is 6.61. The molecule has 2 unspecified atom stereocenters. The zero-order chi connectivity index (χ0) is 15.2. The molecule has 2 N–H and O–H groups in total. The number of sulfone groups is 1. The topological polar surface area (TPSA) is 99.1 Å². The summed E-state index contributed by atoms with van der Waals surface area (Å²) in [7, 11) is -3.19. The second-order valence-corrected chi connectivity index (χ2v) is 7.65. The largest absolute Gasteiger partial charge is 0.339 e. The fraction of sp³-hybridized carbons (Fsp3) is 0.846. The molecule has 0 spiro atoms. The number of nitrogens with two attached hydrogens (primary N) is 1. The molecule has 0 amide bonds. The van der Waals surface area contributed by atoms with E-state index in [2.05, 4.69) is 17.1 Å². The lowest BCUT2D eigenvalue weighted by Crippen LogP contribution is -2.10. The Morgan fingerprint density at radius 2 is 2.00 bits per heavy atom. The molecule has 1 aromatic rings. The standard InChI is InChI=1S/C13H25N3O3S/c1-4-5-11(8-9-14)6-7-12-15-13(16-19-12)10(2)20(3,17)18/h10-11H,4-9,14H2,1-3H3. The zero-order valence-corrected chi connectivity index (χ0v) is 13.3. The molecular weight excluding hydrogens is 278 g/mol. The Bertz CT molecular complexity index is 493. The Morgan fingerprint density at radius 3 is 2.55 bits per heavy atom. The molecule has 1 rings (SSSR count). The Labute approximate surface area is 121 Å². The van der Waals surface area contributed by atoms with Crippen LogP contribution in [-0.4, -0.2) is 31.4 Å². The van der Waals surface area contributed by atoms with Gasteiger partial charge in [-0.05, 0) is 32.2 Å². The van der Waals surface area contributed by atoms with E-state index in [1.807, 2.05) is 0 Å². The van der Waals surface area contributed by atoms with Crippen molar-refractivity contribution in [3.05, 3.63) is 11.7 Å². The minimum atomic E-state index is -3.19. The van der Waals surface area contributed by atoms with Gasteiger partial charge in [0.05, 0.1) is 0 Å². The van der Waals surface area contributed by atoms with Crippen LogP contribution in [0.5, 0.6) is 0 Å². The first-order valence-corrected chi connectivity index (χ1v) is 9.05. The van der Waals surface area contributed by atoms with E-state index in [0.717, 1.165) is 25.7 Å². The van der Waals surface area contributed by atoms with Crippen LogP contribution in [0.3, 0.4) is 0 Å². The van der Waals surface area contributed by atoms with Gasteiger partial charge in [-0.25, -0.2) is 8.42 Å². The van der Waals surface area contributed by atoms with Crippen molar-refractivity contribution < 1.29 is 12.9 Å². The molecule has 0 radical (unpaired) electrons. The molecule has 6 nitrogen and oxygen atoms in total. The summed E-state index contributed by atoms with van der Waals surface area (Å²) in [6, 6.07) is 0. The van der Waals surface area contributed by atoms with Gasteiger partial charge in [-0.1, -0.05) is 24.9 Å². The summed E-state index contributed by atoms with van der Waals surface area (Å²) in [6.07, 6.45) is 6.05. The third-order valence-corrected chi connectivity index (χ3v) is 5.02.